The second kappa shape index (κ2) is 9.44. The van der Waals surface area contributed by atoms with Gasteiger partial charge in [0.25, 0.3) is 10.0 Å². The summed E-state index contributed by atoms with van der Waals surface area (Å²) in [5, 5.41) is 2.96. The summed E-state index contributed by atoms with van der Waals surface area (Å²) in [6.07, 6.45) is 0. The number of nitrogens with one attached hydrogen (secondary N) is 1. The van der Waals surface area contributed by atoms with Crippen molar-refractivity contribution in [3.63, 3.8) is 0 Å². The van der Waals surface area contributed by atoms with E-state index in [2.05, 4.69) is 16.3 Å². The third-order valence-corrected chi connectivity index (χ3v) is 8.30. The molecule has 7 nitrogen and oxygen atoms in total. The van der Waals surface area contributed by atoms with Crippen LogP contribution in [-0.4, -0.2) is 68.8 Å². The van der Waals surface area contributed by atoms with Crippen LogP contribution in [-0.2, 0) is 23.1 Å². The highest BCUT2D eigenvalue weighted by molar-refractivity contribution is 7.91. The van der Waals surface area contributed by atoms with E-state index in [1.807, 2.05) is 32.3 Å². The number of hydrogen-bond donors (Lipinski definition) is 1. The summed E-state index contributed by atoms with van der Waals surface area (Å²) in [4.78, 5) is 16.3. The number of carbonyl (C=O) groups excluding carboxylic acids is 1. The van der Waals surface area contributed by atoms with Gasteiger partial charge in [-0.25, -0.2) is 13.2 Å². The molecule has 1 N–H and O–H groups in total. The number of amides is 2. The van der Waals surface area contributed by atoms with Gasteiger partial charge in [0, 0.05) is 39.3 Å². The number of benzene rings is 1. The molecule has 2 heterocycles. The largest absolute Gasteiger partial charge is 0.334 e. The van der Waals surface area contributed by atoms with E-state index in [-0.39, 0.29) is 23.3 Å². The lowest BCUT2D eigenvalue weighted by Gasteiger charge is -2.33. The maximum Gasteiger partial charge on any atom is 0.317 e. The molecule has 1 aliphatic heterocycles. The van der Waals surface area contributed by atoms with E-state index in [4.69, 9.17) is 11.6 Å². The smallest absolute Gasteiger partial charge is 0.317 e. The van der Waals surface area contributed by atoms with Crippen molar-refractivity contribution >= 4 is 39.0 Å². The molecule has 1 aromatic carbocycles. The van der Waals surface area contributed by atoms with E-state index in [9.17, 15) is 13.2 Å². The summed E-state index contributed by atoms with van der Waals surface area (Å²) in [7, 11) is 0.456. The van der Waals surface area contributed by atoms with Crippen LogP contribution in [0.1, 0.15) is 11.1 Å². The average Bonchev–Trinajstić information content (AvgIpc) is 3.14. The van der Waals surface area contributed by atoms with E-state index in [0.717, 1.165) is 23.4 Å². The number of piperazine rings is 1. The van der Waals surface area contributed by atoms with E-state index in [1.54, 1.807) is 11.0 Å². The molecule has 1 aromatic heterocycles. The molecule has 0 atom stereocenters. The number of hydrogen-bond acceptors (Lipinski definition) is 5. The first-order valence-corrected chi connectivity index (χ1v) is 11.9. The summed E-state index contributed by atoms with van der Waals surface area (Å²) in [6, 6.07) is 10.9. The van der Waals surface area contributed by atoms with Crippen molar-refractivity contribution < 1.29 is 13.2 Å². The second-order valence-corrected chi connectivity index (χ2v) is 11.0. The molecule has 1 saturated heterocycles. The van der Waals surface area contributed by atoms with Crippen LogP contribution >= 0.6 is 22.9 Å². The standard InChI is InChI=1S/C19H25ClN4O3S2/c1-22(2)14-16-6-4-3-5-15(16)13-21-19(25)23-9-11-24(12-10-23)29(26,27)18-8-7-17(20)28-18/h3-8H,9-14H2,1-2H3,(H,21,25). The number of nitrogens with zero attached hydrogens (tertiary/aromatic N) is 3. The third-order valence-electron chi connectivity index (χ3n) is 4.70. The van der Waals surface area contributed by atoms with Crippen molar-refractivity contribution in [2.24, 2.45) is 0 Å². The molecule has 29 heavy (non-hydrogen) atoms. The molecule has 0 saturated carbocycles. The van der Waals surface area contributed by atoms with Crippen LogP contribution in [0, 0.1) is 0 Å². The van der Waals surface area contributed by atoms with Crippen molar-refractivity contribution in [2.75, 3.05) is 40.3 Å². The third kappa shape index (κ3) is 5.49. The molecule has 0 spiro atoms. The van der Waals surface area contributed by atoms with E-state index >= 15 is 0 Å². The Labute approximate surface area is 180 Å². The minimum Gasteiger partial charge on any atom is -0.334 e. The SMILES string of the molecule is CN(C)Cc1ccccc1CNC(=O)N1CCN(S(=O)(=O)c2ccc(Cl)s2)CC1. The zero-order valence-electron chi connectivity index (χ0n) is 16.5. The van der Waals surface area contributed by atoms with Crippen molar-refractivity contribution in [3.05, 3.63) is 51.9 Å². The predicted molar refractivity (Wildman–Crippen MR) is 116 cm³/mol. The summed E-state index contributed by atoms with van der Waals surface area (Å²) in [5.74, 6) is 0. The van der Waals surface area contributed by atoms with Gasteiger partial charge in [-0.15, -0.1) is 11.3 Å². The zero-order valence-corrected chi connectivity index (χ0v) is 18.9. The minimum atomic E-state index is -3.56. The second-order valence-electron chi connectivity index (χ2n) is 7.11. The summed E-state index contributed by atoms with van der Waals surface area (Å²) in [6.45, 7) is 2.47. The minimum absolute atomic E-state index is 0.180. The summed E-state index contributed by atoms with van der Waals surface area (Å²) >= 11 is 6.91. The Kier molecular flexibility index (Phi) is 7.18. The highest BCUT2D eigenvalue weighted by atomic mass is 35.5. The molecule has 0 aliphatic carbocycles. The van der Waals surface area contributed by atoms with Gasteiger partial charge in [-0.05, 0) is 37.4 Å². The average molecular weight is 457 g/mol. The highest BCUT2D eigenvalue weighted by Crippen LogP contribution is 2.28. The molecule has 10 heteroatoms. The number of thiophene rings is 1. The molecule has 0 radical (unpaired) electrons. The van der Waals surface area contributed by atoms with Gasteiger partial charge in [0.05, 0.1) is 4.34 Å². The molecule has 1 aliphatic rings. The quantitative estimate of drug-likeness (QED) is 0.725. The molecule has 2 amide bonds. The van der Waals surface area contributed by atoms with E-state index in [1.165, 1.54) is 15.9 Å². The number of halogens is 1. The van der Waals surface area contributed by atoms with Crippen LogP contribution in [0.4, 0.5) is 4.79 Å². The molecular formula is C19H25ClN4O3S2. The van der Waals surface area contributed by atoms with Crippen LogP contribution in [0.2, 0.25) is 4.34 Å². The summed E-state index contributed by atoms with van der Waals surface area (Å²) in [5.41, 5.74) is 2.24. The predicted octanol–water partition coefficient (Wildman–Crippen LogP) is 2.68. The van der Waals surface area contributed by atoms with Gasteiger partial charge >= 0.3 is 6.03 Å². The first-order chi connectivity index (χ1) is 13.8. The van der Waals surface area contributed by atoms with Gasteiger partial charge < -0.3 is 15.1 Å². The van der Waals surface area contributed by atoms with Crippen LogP contribution < -0.4 is 5.32 Å². The fourth-order valence-corrected chi connectivity index (χ4v) is 6.26. The maximum atomic E-state index is 12.7. The fourth-order valence-electron chi connectivity index (χ4n) is 3.20. The Morgan fingerprint density at radius 3 is 2.34 bits per heavy atom. The zero-order chi connectivity index (χ0) is 21.0. The molecule has 2 aromatic rings. The molecular weight excluding hydrogens is 432 g/mol. The monoisotopic (exact) mass is 456 g/mol. The lowest BCUT2D eigenvalue weighted by Crippen LogP contribution is -2.52. The fraction of sp³-hybridized carbons (Fsp3) is 0.421. The van der Waals surface area contributed by atoms with Gasteiger partial charge in [0.15, 0.2) is 0 Å². The molecule has 3 rings (SSSR count). The van der Waals surface area contributed by atoms with Crippen LogP contribution in [0.25, 0.3) is 0 Å². The topological polar surface area (TPSA) is 73.0 Å². The van der Waals surface area contributed by atoms with Gasteiger partial charge in [0.1, 0.15) is 4.21 Å². The van der Waals surface area contributed by atoms with E-state index < -0.39 is 10.0 Å². The number of rotatable bonds is 6. The van der Waals surface area contributed by atoms with Gasteiger partial charge in [-0.1, -0.05) is 35.9 Å². The number of carbonyl (C=O) groups is 1. The highest BCUT2D eigenvalue weighted by Gasteiger charge is 2.31. The van der Waals surface area contributed by atoms with Crippen molar-refractivity contribution in [1.29, 1.82) is 0 Å². The van der Waals surface area contributed by atoms with Gasteiger partial charge in [0.2, 0.25) is 0 Å². The Bertz CT molecular complexity index is 954. The molecule has 1 fully saturated rings. The Morgan fingerprint density at radius 1 is 1.10 bits per heavy atom. The molecule has 0 bridgehead atoms. The first-order valence-electron chi connectivity index (χ1n) is 9.27. The van der Waals surface area contributed by atoms with Crippen LogP contribution in [0.15, 0.2) is 40.6 Å². The first kappa shape index (κ1) is 22.0. The lowest BCUT2D eigenvalue weighted by atomic mass is 10.1. The maximum absolute atomic E-state index is 12.7. The van der Waals surface area contributed by atoms with Gasteiger partial charge in [-0.2, -0.15) is 4.31 Å². The Hall–Kier alpha value is -1.65. The van der Waals surface area contributed by atoms with Crippen LogP contribution in [0.5, 0.6) is 0 Å². The van der Waals surface area contributed by atoms with E-state index in [0.29, 0.717) is 24.0 Å². The molecule has 0 unspecified atom stereocenters. The molecule has 158 valence electrons. The Morgan fingerprint density at radius 2 is 1.76 bits per heavy atom. The van der Waals surface area contributed by atoms with Crippen molar-refractivity contribution in [3.8, 4) is 0 Å². The summed E-state index contributed by atoms with van der Waals surface area (Å²) < 4.78 is 27.4. The van der Waals surface area contributed by atoms with Crippen molar-refractivity contribution in [2.45, 2.75) is 17.3 Å². The Balaban J connectivity index is 1.54. The normalized spacial score (nSPS) is 15.7. The van der Waals surface area contributed by atoms with Crippen molar-refractivity contribution in [1.82, 2.24) is 19.4 Å². The lowest BCUT2D eigenvalue weighted by molar-refractivity contribution is 0.172. The number of urea groups is 1. The number of sulfonamides is 1. The van der Waals surface area contributed by atoms with Gasteiger partial charge in [-0.3, -0.25) is 0 Å². The van der Waals surface area contributed by atoms with Crippen LogP contribution in [0.3, 0.4) is 0 Å².